The topological polar surface area (TPSA) is 79.7 Å². The van der Waals surface area contributed by atoms with Gasteiger partial charge in [0.15, 0.2) is 11.5 Å². The molecule has 0 radical (unpaired) electrons. The van der Waals surface area contributed by atoms with E-state index < -0.39 is 141 Å². The number of hydrogen-bond acceptors (Lipinski definition) is 5. The molecule has 0 aliphatic heterocycles. The zero-order valence-corrected chi connectivity index (χ0v) is 30.7. The predicted octanol–water partition coefficient (Wildman–Crippen LogP) is 14.4. The minimum atomic E-state index is -8.89. The molecular formula is C30H10F34N2O3. The lowest BCUT2D eigenvalue weighted by Gasteiger charge is -2.41. The second-order valence-electron chi connectivity index (χ2n) is 12.8. The Hall–Kier alpha value is -5.46. The molecule has 0 saturated carbocycles. The highest BCUT2D eigenvalue weighted by atomic mass is 19.4. The molecule has 39 heteroatoms. The minimum absolute atomic E-state index is 0.0401. The smallest absolute Gasteiger partial charge is 0.457 e. The van der Waals surface area contributed by atoms with Gasteiger partial charge in [0.05, 0.1) is 11.4 Å². The molecule has 0 unspecified atom stereocenters. The molecule has 0 heterocycles. The standard InChI is InChI=1S/C30H10F34N2O3/c31-13(17(35,36)19(39,40)21(43,44)23(47,48)25(51,52)27(55,56)29(59,60)61)15(33)68-11-3-1-7(5-9(11)65)67-8-2-4-12(10(66)6-8)69-16(34)14(32)18(37,38)20(41,42)22(45,46)24(49,50)26(53,54)28(57,58)30(62,63)64/h1-6H,65-66H2. The Morgan fingerprint density at radius 2 is 0.536 bits per heavy atom. The molecule has 5 nitrogen and oxygen atoms in total. The third kappa shape index (κ3) is 8.89. The van der Waals surface area contributed by atoms with Crippen molar-refractivity contribution in [2.24, 2.45) is 0 Å². The molecule has 4 N–H and O–H groups in total. The second-order valence-corrected chi connectivity index (χ2v) is 12.8. The number of benzene rings is 2. The maximum atomic E-state index is 14.2. The Bertz CT molecular complexity index is 2140. The Morgan fingerprint density at radius 3 is 0.754 bits per heavy atom. The van der Waals surface area contributed by atoms with Crippen LogP contribution in [0.25, 0.3) is 0 Å². The van der Waals surface area contributed by atoms with E-state index in [1.807, 2.05) is 0 Å². The third-order valence-electron chi connectivity index (χ3n) is 8.15. The molecule has 0 aliphatic carbocycles. The highest BCUT2D eigenvalue weighted by Crippen LogP contribution is 2.65. The van der Waals surface area contributed by atoms with Gasteiger partial charge in [-0.1, -0.05) is 0 Å². The Balaban J connectivity index is 2.43. The van der Waals surface area contributed by atoms with Crippen LogP contribution in [-0.4, -0.2) is 83.4 Å². The van der Waals surface area contributed by atoms with Crippen molar-refractivity contribution in [3.8, 4) is 23.0 Å². The maximum absolute atomic E-state index is 14.2. The summed E-state index contributed by atoms with van der Waals surface area (Å²) in [4.78, 5) is 0. The summed E-state index contributed by atoms with van der Waals surface area (Å²) in [5.74, 6) is -118. The van der Waals surface area contributed by atoms with Gasteiger partial charge in [-0.15, -0.1) is 0 Å². The fraction of sp³-hybridized carbons (Fsp3) is 0.467. The number of ether oxygens (including phenoxy) is 3. The zero-order chi connectivity index (χ0) is 55.1. The van der Waals surface area contributed by atoms with Crippen molar-refractivity contribution in [1.82, 2.24) is 0 Å². The summed E-state index contributed by atoms with van der Waals surface area (Å²) < 4.78 is 469. The van der Waals surface area contributed by atoms with E-state index in [2.05, 4.69) is 9.47 Å². The van der Waals surface area contributed by atoms with Crippen LogP contribution in [0, 0.1) is 0 Å². The van der Waals surface area contributed by atoms with E-state index in [0.29, 0.717) is 0 Å². The van der Waals surface area contributed by atoms with Crippen LogP contribution in [0.1, 0.15) is 0 Å². The first-order valence-corrected chi connectivity index (χ1v) is 15.7. The van der Waals surface area contributed by atoms with Crippen LogP contribution in [-0.2, 0) is 0 Å². The van der Waals surface area contributed by atoms with E-state index in [1.165, 1.54) is 0 Å². The molecule has 396 valence electrons. The van der Waals surface area contributed by atoms with Crippen molar-refractivity contribution in [2.45, 2.75) is 83.4 Å². The highest BCUT2D eigenvalue weighted by molar-refractivity contribution is 5.59. The zero-order valence-electron chi connectivity index (χ0n) is 30.7. The van der Waals surface area contributed by atoms with Gasteiger partial charge < -0.3 is 25.7 Å². The van der Waals surface area contributed by atoms with Gasteiger partial charge >= 0.3 is 95.4 Å². The van der Waals surface area contributed by atoms with Gasteiger partial charge in [0.2, 0.25) is 11.7 Å². The SMILES string of the molecule is Nc1cc(Oc2ccc(OC(F)=C(F)C(F)(F)C(F)(F)C(F)(F)C(F)(F)C(F)(F)C(F)(F)C(F)(F)F)c(N)c2)ccc1OC(F)=C(F)C(F)(F)C(F)(F)C(F)(F)C(F)(F)C(F)(F)C(F)(F)C(F)(F)F. The van der Waals surface area contributed by atoms with Crippen molar-refractivity contribution in [2.75, 3.05) is 11.5 Å². The average Bonchev–Trinajstić information content (AvgIpc) is 3.17. The predicted molar refractivity (Wildman–Crippen MR) is 153 cm³/mol. The molecule has 0 amide bonds. The van der Waals surface area contributed by atoms with Crippen LogP contribution < -0.4 is 25.7 Å². The van der Waals surface area contributed by atoms with Gasteiger partial charge in [0, 0.05) is 12.1 Å². The molecular weight excluding hydrogens is 1080 g/mol. The van der Waals surface area contributed by atoms with Gasteiger partial charge in [-0.25, -0.2) is 0 Å². The maximum Gasteiger partial charge on any atom is 0.460 e. The molecule has 0 fully saturated rings. The van der Waals surface area contributed by atoms with Gasteiger partial charge in [-0.2, -0.15) is 149 Å². The van der Waals surface area contributed by atoms with E-state index in [-0.39, 0.29) is 36.4 Å². The molecule has 0 atom stereocenters. The van der Waals surface area contributed by atoms with E-state index in [0.717, 1.165) is 0 Å². The number of rotatable bonds is 18. The van der Waals surface area contributed by atoms with Crippen LogP contribution >= 0.6 is 0 Å². The van der Waals surface area contributed by atoms with Crippen LogP contribution in [0.5, 0.6) is 23.0 Å². The normalized spacial score (nSPS) is 16.0. The van der Waals surface area contributed by atoms with Crippen LogP contribution in [0.3, 0.4) is 0 Å². The molecule has 0 aliphatic rings. The molecule has 0 aromatic heterocycles. The number of anilines is 2. The van der Waals surface area contributed by atoms with E-state index >= 15 is 0 Å². The molecule has 2 aromatic rings. The number of allylic oxidation sites excluding steroid dienone is 2. The summed E-state index contributed by atoms with van der Waals surface area (Å²) in [6, 6.07) is -6.86. The van der Waals surface area contributed by atoms with Crippen LogP contribution in [0.15, 0.2) is 60.1 Å². The molecule has 0 bridgehead atoms. The van der Waals surface area contributed by atoms with Crippen molar-refractivity contribution in [3.05, 3.63) is 60.1 Å². The number of alkyl halides is 30. The largest absolute Gasteiger partial charge is 0.460 e. The lowest BCUT2D eigenvalue weighted by Crippen LogP contribution is -2.72. The van der Waals surface area contributed by atoms with Gasteiger partial charge in [0.1, 0.15) is 11.5 Å². The van der Waals surface area contributed by atoms with Crippen LogP contribution in [0.4, 0.5) is 161 Å². The lowest BCUT2D eigenvalue weighted by molar-refractivity contribution is -0.451. The molecule has 69 heavy (non-hydrogen) atoms. The van der Waals surface area contributed by atoms with Crippen molar-refractivity contribution in [3.63, 3.8) is 0 Å². The summed E-state index contributed by atoms with van der Waals surface area (Å²) in [5, 5.41) is 0. The van der Waals surface area contributed by atoms with Gasteiger partial charge in [-0.3, -0.25) is 0 Å². The summed E-state index contributed by atoms with van der Waals surface area (Å²) in [6.45, 7) is 0. The quantitative estimate of drug-likeness (QED) is 0.0883. The van der Waals surface area contributed by atoms with Crippen molar-refractivity contribution >= 4 is 11.4 Å². The summed E-state index contributed by atoms with van der Waals surface area (Å²) in [5.41, 5.74) is 7.72. The minimum Gasteiger partial charge on any atom is -0.457 e. The van der Waals surface area contributed by atoms with E-state index in [9.17, 15) is 149 Å². The van der Waals surface area contributed by atoms with E-state index in [4.69, 9.17) is 16.2 Å². The van der Waals surface area contributed by atoms with Gasteiger partial charge in [0.25, 0.3) is 0 Å². The summed E-state index contributed by atoms with van der Waals surface area (Å²) in [7, 11) is 0. The molecule has 2 rings (SSSR count). The number of nitrogens with two attached hydrogens (primary N) is 2. The monoisotopic (exact) mass is 1090 g/mol. The number of halogens is 34. The average molecular weight is 1090 g/mol. The Morgan fingerprint density at radius 1 is 0.319 bits per heavy atom. The first-order valence-electron chi connectivity index (χ1n) is 15.7. The molecule has 0 spiro atoms. The Labute approximate surface area is 353 Å². The number of hydrogen-bond donors (Lipinski definition) is 2. The first-order chi connectivity index (χ1) is 30.1. The second kappa shape index (κ2) is 17.1. The molecule has 2 aromatic carbocycles. The van der Waals surface area contributed by atoms with Crippen LogP contribution in [0.2, 0.25) is 0 Å². The first kappa shape index (κ1) is 59.7. The van der Waals surface area contributed by atoms with Crippen molar-refractivity contribution in [1.29, 1.82) is 0 Å². The van der Waals surface area contributed by atoms with Crippen molar-refractivity contribution < 1.29 is 163 Å². The third-order valence-corrected chi connectivity index (χ3v) is 8.15. The Kier molecular flexibility index (Phi) is 14.8. The van der Waals surface area contributed by atoms with E-state index in [1.54, 1.807) is 0 Å². The fourth-order valence-corrected chi connectivity index (χ4v) is 4.24. The highest BCUT2D eigenvalue weighted by Gasteiger charge is 2.95. The number of nitrogen functional groups attached to an aromatic ring is 2. The fourth-order valence-electron chi connectivity index (χ4n) is 4.24. The van der Waals surface area contributed by atoms with Gasteiger partial charge in [-0.05, 0) is 24.3 Å². The molecule has 0 saturated heterocycles. The summed E-state index contributed by atoms with van der Waals surface area (Å²) in [6.07, 6.45) is -16.0. The summed E-state index contributed by atoms with van der Waals surface area (Å²) >= 11 is 0. The lowest BCUT2D eigenvalue weighted by atomic mass is 9.91.